The van der Waals surface area contributed by atoms with Crippen molar-refractivity contribution >= 4 is 44.2 Å². The van der Waals surface area contributed by atoms with Gasteiger partial charge in [-0.15, -0.1) is 0 Å². The number of aromatic nitrogens is 2. The summed E-state index contributed by atoms with van der Waals surface area (Å²) in [5.74, 6) is -0.173. The van der Waals surface area contributed by atoms with Gasteiger partial charge in [0.2, 0.25) is 0 Å². The molecular formula is C16H12Cl2N2O4S. The zero-order chi connectivity index (χ0) is 18.0. The molecule has 3 rings (SSSR count). The largest absolute Gasteiger partial charge is 0.382 e. The maximum atomic E-state index is 12.5. The number of nitrogens with zero attached hydrogens (tertiary/aromatic N) is 2. The molecule has 0 spiro atoms. The molecule has 0 unspecified atom stereocenters. The van der Waals surface area contributed by atoms with Crippen LogP contribution in [0.5, 0.6) is 5.75 Å². The molecule has 9 heteroatoms. The summed E-state index contributed by atoms with van der Waals surface area (Å²) in [6.07, 6.45) is 1.25. The summed E-state index contributed by atoms with van der Waals surface area (Å²) < 4.78 is 30.3. The smallest absolute Gasteiger partial charge is 0.310 e. The van der Waals surface area contributed by atoms with Crippen molar-refractivity contribution < 1.29 is 12.6 Å². The topological polar surface area (TPSA) is 78.3 Å². The van der Waals surface area contributed by atoms with E-state index in [4.69, 9.17) is 27.4 Å². The molecule has 1 heterocycles. The van der Waals surface area contributed by atoms with E-state index in [0.717, 1.165) is 0 Å². The lowest BCUT2D eigenvalue weighted by atomic mass is 10.2. The van der Waals surface area contributed by atoms with Crippen molar-refractivity contribution in [3.8, 4) is 5.75 Å². The lowest BCUT2D eigenvalue weighted by Crippen LogP contribution is -2.26. The third-order valence-corrected chi connectivity index (χ3v) is 5.03. The molecule has 0 aliphatic rings. The summed E-state index contributed by atoms with van der Waals surface area (Å²) in [7, 11) is -3.86. The van der Waals surface area contributed by atoms with Gasteiger partial charge < -0.3 is 4.18 Å². The zero-order valence-corrected chi connectivity index (χ0v) is 15.1. The molecule has 0 bridgehead atoms. The van der Waals surface area contributed by atoms with Crippen LogP contribution < -0.4 is 9.74 Å². The van der Waals surface area contributed by atoms with Crippen LogP contribution in [0.1, 0.15) is 0 Å². The van der Waals surface area contributed by atoms with E-state index in [0.29, 0.717) is 10.5 Å². The molecule has 130 valence electrons. The average Bonchev–Trinajstić information content (AvgIpc) is 2.55. The van der Waals surface area contributed by atoms with Gasteiger partial charge in [-0.3, -0.25) is 9.36 Å². The Balaban J connectivity index is 1.84. The first-order chi connectivity index (χ1) is 11.9. The number of rotatable bonds is 5. The van der Waals surface area contributed by atoms with Gasteiger partial charge >= 0.3 is 10.1 Å². The number of hydrogen-bond acceptors (Lipinski definition) is 5. The number of aryl methyl sites for hydroxylation is 1. The highest BCUT2D eigenvalue weighted by Gasteiger charge is 2.15. The van der Waals surface area contributed by atoms with Crippen molar-refractivity contribution in [2.75, 3.05) is 5.75 Å². The van der Waals surface area contributed by atoms with Gasteiger partial charge in [0, 0.05) is 11.6 Å². The predicted octanol–water partition coefficient (Wildman–Crippen LogP) is 3.11. The van der Waals surface area contributed by atoms with Gasteiger partial charge in [0.25, 0.3) is 5.56 Å². The highest BCUT2D eigenvalue weighted by Crippen LogP contribution is 2.24. The fraction of sp³-hybridized carbons (Fsp3) is 0.125. The minimum atomic E-state index is -3.86. The van der Waals surface area contributed by atoms with Gasteiger partial charge in [0.05, 0.1) is 22.3 Å². The minimum absolute atomic E-state index is 0.110. The van der Waals surface area contributed by atoms with Gasteiger partial charge in [0.15, 0.2) is 0 Å². The Morgan fingerprint density at radius 3 is 2.56 bits per heavy atom. The van der Waals surface area contributed by atoms with Crippen LogP contribution in [0.3, 0.4) is 0 Å². The van der Waals surface area contributed by atoms with E-state index in [1.54, 1.807) is 18.2 Å². The summed E-state index contributed by atoms with van der Waals surface area (Å²) in [6.45, 7) is -0.110. The van der Waals surface area contributed by atoms with Crippen LogP contribution in [0.4, 0.5) is 0 Å². The number of benzene rings is 2. The molecule has 0 aliphatic heterocycles. The summed E-state index contributed by atoms with van der Waals surface area (Å²) in [4.78, 5) is 16.6. The van der Waals surface area contributed by atoms with Crippen LogP contribution in [0.2, 0.25) is 10.0 Å². The Morgan fingerprint density at radius 1 is 1.12 bits per heavy atom. The first-order valence-corrected chi connectivity index (χ1v) is 9.50. The molecular weight excluding hydrogens is 387 g/mol. The Bertz CT molecular complexity index is 1080. The second-order valence-corrected chi connectivity index (χ2v) is 7.72. The predicted molar refractivity (Wildman–Crippen MR) is 96.9 cm³/mol. The fourth-order valence-electron chi connectivity index (χ4n) is 2.23. The van der Waals surface area contributed by atoms with Crippen LogP contribution in [-0.2, 0) is 16.7 Å². The van der Waals surface area contributed by atoms with Crippen LogP contribution >= 0.6 is 23.2 Å². The van der Waals surface area contributed by atoms with E-state index in [9.17, 15) is 13.2 Å². The number of fused-ring (bicyclic) bond motifs is 1. The van der Waals surface area contributed by atoms with Gasteiger partial charge in [-0.05, 0) is 24.3 Å². The number of halogens is 2. The third-order valence-electron chi connectivity index (χ3n) is 3.39. The summed E-state index contributed by atoms with van der Waals surface area (Å²) in [5, 5.41) is 0.780. The molecule has 2 aromatic carbocycles. The second kappa shape index (κ2) is 7.03. The van der Waals surface area contributed by atoms with Crippen LogP contribution in [-0.4, -0.2) is 23.7 Å². The fourth-order valence-corrected chi connectivity index (χ4v) is 3.68. The average molecular weight is 399 g/mol. The Labute approximate surface area is 153 Å². The minimum Gasteiger partial charge on any atom is -0.382 e. The normalized spacial score (nSPS) is 11.6. The molecule has 0 aliphatic carbocycles. The Hall–Kier alpha value is -2.09. The van der Waals surface area contributed by atoms with E-state index >= 15 is 0 Å². The first-order valence-electron chi connectivity index (χ1n) is 7.17. The first kappa shape index (κ1) is 17.7. The van der Waals surface area contributed by atoms with E-state index in [-0.39, 0.29) is 28.5 Å². The summed E-state index contributed by atoms with van der Waals surface area (Å²) in [5.41, 5.74) is -0.111. The Morgan fingerprint density at radius 2 is 1.84 bits per heavy atom. The molecule has 6 nitrogen and oxygen atoms in total. The molecule has 0 saturated heterocycles. The highest BCUT2D eigenvalue weighted by molar-refractivity contribution is 7.87. The summed E-state index contributed by atoms with van der Waals surface area (Å²) >= 11 is 11.9. The molecule has 1 aromatic heterocycles. The van der Waals surface area contributed by atoms with Crippen LogP contribution in [0, 0.1) is 0 Å². The molecule has 0 fully saturated rings. The molecule has 0 saturated carbocycles. The van der Waals surface area contributed by atoms with Crippen molar-refractivity contribution in [1.82, 2.24) is 9.55 Å². The monoisotopic (exact) mass is 398 g/mol. The molecule has 0 N–H and O–H groups in total. The molecule has 25 heavy (non-hydrogen) atoms. The van der Waals surface area contributed by atoms with E-state index in [1.165, 1.54) is 35.2 Å². The zero-order valence-electron chi connectivity index (χ0n) is 12.7. The van der Waals surface area contributed by atoms with Crippen molar-refractivity contribution in [3.63, 3.8) is 0 Å². The van der Waals surface area contributed by atoms with Gasteiger partial charge in [-0.2, -0.15) is 8.42 Å². The SMILES string of the molecule is O=c1c2cc(Cl)cc(Cl)c2ncn1CCS(=O)(=O)Oc1ccccc1. The Kier molecular flexibility index (Phi) is 4.99. The van der Waals surface area contributed by atoms with E-state index in [1.807, 2.05) is 0 Å². The summed E-state index contributed by atoms with van der Waals surface area (Å²) in [6, 6.07) is 11.1. The molecule has 0 radical (unpaired) electrons. The van der Waals surface area contributed by atoms with Gasteiger partial charge in [-0.25, -0.2) is 4.98 Å². The van der Waals surface area contributed by atoms with Crippen LogP contribution in [0.15, 0.2) is 53.6 Å². The quantitative estimate of drug-likeness (QED) is 0.616. The second-order valence-electron chi connectivity index (χ2n) is 5.19. The van der Waals surface area contributed by atoms with Crippen molar-refractivity contribution in [2.24, 2.45) is 0 Å². The number of hydrogen-bond donors (Lipinski definition) is 0. The maximum absolute atomic E-state index is 12.5. The van der Waals surface area contributed by atoms with Crippen molar-refractivity contribution in [3.05, 3.63) is 69.2 Å². The van der Waals surface area contributed by atoms with E-state index in [2.05, 4.69) is 4.98 Å². The lowest BCUT2D eigenvalue weighted by Gasteiger charge is -2.09. The molecule has 0 atom stereocenters. The highest BCUT2D eigenvalue weighted by atomic mass is 35.5. The van der Waals surface area contributed by atoms with Crippen molar-refractivity contribution in [2.45, 2.75) is 6.54 Å². The van der Waals surface area contributed by atoms with Crippen molar-refractivity contribution in [1.29, 1.82) is 0 Å². The maximum Gasteiger partial charge on any atom is 0.310 e. The van der Waals surface area contributed by atoms with Gasteiger partial charge in [0.1, 0.15) is 11.5 Å². The van der Waals surface area contributed by atoms with E-state index < -0.39 is 15.7 Å². The standard InChI is InChI=1S/C16H12Cl2N2O4S/c17-11-8-13-15(14(18)9-11)19-10-20(16(13)21)6-7-25(22,23)24-12-4-2-1-3-5-12/h1-5,8-10H,6-7H2. The molecule has 0 amide bonds. The third kappa shape index (κ3) is 4.12. The van der Waals surface area contributed by atoms with Gasteiger partial charge in [-0.1, -0.05) is 41.4 Å². The molecule has 3 aromatic rings. The number of para-hydroxylation sites is 1. The lowest BCUT2D eigenvalue weighted by molar-refractivity contribution is 0.480. The van der Waals surface area contributed by atoms with Crippen LogP contribution in [0.25, 0.3) is 10.9 Å².